The first kappa shape index (κ1) is 21.7. The highest BCUT2D eigenvalue weighted by molar-refractivity contribution is 6.30. The number of rotatable bonds is 6. The summed E-state index contributed by atoms with van der Waals surface area (Å²) < 4.78 is 51.1. The lowest BCUT2D eigenvalue weighted by Crippen LogP contribution is -2.84. The molecule has 1 aliphatic heterocycles. The minimum Gasteiger partial charge on any atom is -0.484 e. The van der Waals surface area contributed by atoms with Crippen molar-refractivity contribution in [1.29, 1.82) is 0 Å². The average molecular weight is 482 g/mol. The lowest BCUT2D eigenvalue weighted by atomic mass is 9.44. The van der Waals surface area contributed by atoms with E-state index in [1.54, 1.807) is 0 Å². The molecule has 1 unspecified atom stereocenters. The zero-order chi connectivity index (χ0) is 23.4. The van der Waals surface area contributed by atoms with Crippen LogP contribution in [0, 0.1) is 17.5 Å². The quantitative estimate of drug-likeness (QED) is 0.590. The second kappa shape index (κ2) is 7.72. The van der Waals surface area contributed by atoms with Gasteiger partial charge >= 0.3 is 0 Å². The molecule has 0 radical (unpaired) electrons. The Morgan fingerprint density at radius 1 is 1.06 bits per heavy atom. The van der Waals surface area contributed by atoms with Crippen LogP contribution >= 0.6 is 11.6 Å². The van der Waals surface area contributed by atoms with Gasteiger partial charge in [-0.05, 0) is 31.4 Å². The molecule has 0 spiro atoms. The third-order valence-electron chi connectivity index (χ3n) is 6.15. The van der Waals surface area contributed by atoms with Gasteiger partial charge in [-0.25, -0.2) is 13.2 Å². The van der Waals surface area contributed by atoms with E-state index in [0.717, 1.165) is 18.2 Å². The Kier molecular flexibility index (Phi) is 5.08. The lowest BCUT2D eigenvalue weighted by molar-refractivity contribution is -0.153. The van der Waals surface area contributed by atoms with Crippen LogP contribution in [0.2, 0.25) is 5.02 Å². The smallest absolute Gasteiger partial charge is 0.263 e. The van der Waals surface area contributed by atoms with Gasteiger partial charge < -0.3 is 25.4 Å². The molecule has 11 heteroatoms. The highest BCUT2D eigenvalue weighted by Gasteiger charge is 2.69. The van der Waals surface area contributed by atoms with E-state index in [1.165, 1.54) is 12.1 Å². The fourth-order valence-electron chi connectivity index (χ4n) is 4.75. The number of benzene rings is 2. The number of halogens is 4. The maximum absolute atomic E-state index is 13.5. The number of carbonyl (C=O) groups excluding carboxylic acids is 2. The Morgan fingerprint density at radius 3 is 2.48 bits per heavy atom. The van der Waals surface area contributed by atoms with Crippen LogP contribution in [0.1, 0.15) is 19.3 Å². The number of nitrogens with one attached hydrogen (secondary N) is 3. The number of amides is 2. The van der Waals surface area contributed by atoms with Crippen LogP contribution in [0.4, 0.5) is 18.9 Å². The fourth-order valence-corrected chi connectivity index (χ4v) is 4.87. The van der Waals surface area contributed by atoms with E-state index in [0.29, 0.717) is 19.3 Å². The van der Waals surface area contributed by atoms with E-state index < -0.39 is 34.6 Å². The molecule has 1 heterocycles. The summed E-state index contributed by atoms with van der Waals surface area (Å²) in [6.45, 7) is -0.162. The first-order valence-corrected chi connectivity index (χ1v) is 10.6. The minimum atomic E-state index is -1.06. The van der Waals surface area contributed by atoms with Gasteiger partial charge in [0.1, 0.15) is 17.3 Å². The maximum atomic E-state index is 13.5. The van der Waals surface area contributed by atoms with Crippen LogP contribution in [0.3, 0.4) is 0 Å². The van der Waals surface area contributed by atoms with Crippen molar-refractivity contribution in [2.24, 2.45) is 0 Å². The molecule has 0 saturated heterocycles. The average Bonchev–Trinajstić information content (AvgIpc) is 2.72. The predicted octanol–water partition coefficient (Wildman–Crippen LogP) is 2.92. The van der Waals surface area contributed by atoms with Crippen LogP contribution in [0.15, 0.2) is 30.3 Å². The molecule has 33 heavy (non-hydrogen) atoms. The zero-order valence-corrected chi connectivity index (χ0v) is 17.9. The number of hydrogen-bond acceptors (Lipinski definition) is 5. The second-order valence-corrected chi connectivity index (χ2v) is 9.15. The summed E-state index contributed by atoms with van der Waals surface area (Å²) in [7, 11) is 0. The Hall–Kier alpha value is -3.14. The molecule has 3 N–H and O–H groups in total. The van der Waals surface area contributed by atoms with E-state index >= 15 is 0 Å². The standard InChI is InChI=1S/C22H19ClF3N3O4/c23-12-2-1-11(3-13(12)24)32-7-19(30)28-21-8-22(9-21,10-21)29-20(31)18-6-27-16-4-14(25)15(26)5-17(16)33-18/h1-5,18,27H,6-10H2,(H,28,30)(H,29,31). The molecule has 2 amide bonds. The number of hydrogen-bond donors (Lipinski definition) is 3. The Morgan fingerprint density at radius 2 is 1.76 bits per heavy atom. The van der Waals surface area contributed by atoms with Crippen molar-refractivity contribution in [1.82, 2.24) is 10.6 Å². The van der Waals surface area contributed by atoms with Crippen LogP contribution in [0.25, 0.3) is 0 Å². The second-order valence-electron chi connectivity index (χ2n) is 8.74. The summed E-state index contributed by atoms with van der Waals surface area (Å²) in [6.07, 6.45) is 0.784. The number of fused-ring (bicyclic) bond motifs is 1. The molecule has 0 aromatic heterocycles. The van der Waals surface area contributed by atoms with Gasteiger partial charge in [-0.15, -0.1) is 0 Å². The maximum Gasteiger partial charge on any atom is 0.263 e. The molecule has 2 bridgehead atoms. The number of anilines is 1. The molecule has 7 nitrogen and oxygen atoms in total. The van der Waals surface area contributed by atoms with Gasteiger partial charge in [0.15, 0.2) is 24.3 Å². The van der Waals surface area contributed by atoms with Crippen molar-refractivity contribution in [3.8, 4) is 11.5 Å². The van der Waals surface area contributed by atoms with Crippen molar-refractivity contribution in [3.63, 3.8) is 0 Å². The predicted molar refractivity (Wildman–Crippen MR) is 112 cm³/mol. The highest BCUT2D eigenvalue weighted by Crippen LogP contribution is 2.60. The number of carbonyl (C=O) groups is 2. The van der Waals surface area contributed by atoms with Crippen LogP contribution in [-0.2, 0) is 9.59 Å². The van der Waals surface area contributed by atoms with Crippen molar-refractivity contribution in [2.75, 3.05) is 18.5 Å². The van der Waals surface area contributed by atoms with Crippen LogP contribution in [-0.4, -0.2) is 42.1 Å². The van der Waals surface area contributed by atoms with Crippen LogP contribution in [0.5, 0.6) is 11.5 Å². The van der Waals surface area contributed by atoms with Crippen molar-refractivity contribution < 1.29 is 32.2 Å². The lowest BCUT2D eigenvalue weighted by Gasteiger charge is -2.70. The Labute approximate surface area is 191 Å². The van der Waals surface area contributed by atoms with Crippen molar-refractivity contribution in [2.45, 2.75) is 36.4 Å². The van der Waals surface area contributed by atoms with Gasteiger partial charge in [-0.2, -0.15) is 0 Å². The fraction of sp³-hybridized carbons (Fsp3) is 0.364. The molecule has 6 rings (SSSR count). The molecule has 3 saturated carbocycles. The summed E-state index contributed by atoms with van der Waals surface area (Å²) >= 11 is 5.62. The van der Waals surface area contributed by atoms with E-state index in [2.05, 4.69) is 16.0 Å². The van der Waals surface area contributed by atoms with E-state index in [-0.39, 0.29) is 47.2 Å². The number of ether oxygens (including phenoxy) is 2. The highest BCUT2D eigenvalue weighted by atomic mass is 35.5. The Bertz CT molecular complexity index is 1140. The summed E-state index contributed by atoms with van der Waals surface area (Å²) in [4.78, 5) is 24.9. The van der Waals surface area contributed by atoms with E-state index in [4.69, 9.17) is 21.1 Å². The van der Waals surface area contributed by atoms with Gasteiger partial charge in [-0.3, -0.25) is 9.59 Å². The summed E-state index contributed by atoms with van der Waals surface area (Å²) in [5, 5.41) is 8.68. The molecular formula is C22H19ClF3N3O4. The molecule has 2 aromatic carbocycles. The van der Waals surface area contributed by atoms with Crippen molar-refractivity contribution in [3.05, 3.63) is 52.8 Å². The molecule has 1 atom stereocenters. The van der Waals surface area contributed by atoms with Gasteiger partial charge in [0.05, 0.1) is 17.3 Å². The molecule has 3 aliphatic carbocycles. The first-order valence-electron chi connectivity index (χ1n) is 10.3. The molecular weight excluding hydrogens is 463 g/mol. The molecule has 4 aliphatic rings. The minimum absolute atomic E-state index is 0.0345. The van der Waals surface area contributed by atoms with Gasteiger partial charge in [0.2, 0.25) is 0 Å². The van der Waals surface area contributed by atoms with E-state index in [1.807, 2.05) is 0 Å². The van der Waals surface area contributed by atoms with Gasteiger partial charge in [0.25, 0.3) is 11.8 Å². The topological polar surface area (TPSA) is 88.7 Å². The largest absolute Gasteiger partial charge is 0.484 e. The van der Waals surface area contributed by atoms with Crippen LogP contribution < -0.4 is 25.4 Å². The summed E-state index contributed by atoms with van der Waals surface area (Å²) in [6, 6.07) is 5.81. The molecule has 2 aromatic rings. The molecule has 3 fully saturated rings. The van der Waals surface area contributed by atoms with Gasteiger partial charge in [0, 0.05) is 29.3 Å². The SMILES string of the molecule is O=C(COc1ccc(Cl)c(F)c1)NC12CC(NC(=O)C3CNc4cc(F)c(F)cc4O3)(C1)C2. The molecule has 174 valence electrons. The normalized spacial score (nSPS) is 26.5. The first-order chi connectivity index (χ1) is 15.7. The van der Waals surface area contributed by atoms with Crippen molar-refractivity contribution >= 4 is 29.1 Å². The third kappa shape index (κ3) is 4.03. The summed E-state index contributed by atoms with van der Waals surface area (Å²) in [5.41, 5.74) is -0.547. The third-order valence-corrected chi connectivity index (χ3v) is 6.45. The zero-order valence-electron chi connectivity index (χ0n) is 17.1. The van der Waals surface area contributed by atoms with Gasteiger partial charge in [-0.1, -0.05) is 11.6 Å². The Balaban J connectivity index is 1.09. The summed E-state index contributed by atoms with van der Waals surface area (Å²) in [5.74, 6) is -3.15. The monoisotopic (exact) mass is 481 g/mol. The van der Waals surface area contributed by atoms with E-state index in [9.17, 15) is 22.8 Å².